The lowest BCUT2D eigenvalue weighted by Gasteiger charge is -1.99. The van der Waals surface area contributed by atoms with Gasteiger partial charge in [-0.15, -0.1) is 0 Å². The van der Waals surface area contributed by atoms with E-state index < -0.39 is 0 Å². The molecule has 2 N–H and O–H groups in total. The summed E-state index contributed by atoms with van der Waals surface area (Å²) >= 11 is 0. The average molecular weight is 767 g/mol. The average Bonchev–Trinajstić information content (AvgIpc) is 4.11. The van der Waals surface area contributed by atoms with Gasteiger partial charge in [-0.1, -0.05) is 120 Å². The van der Waals surface area contributed by atoms with Gasteiger partial charge in [-0.2, -0.15) is 0 Å². The maximum atomic E-state index is 5.25. The predicted molar refractivity (Wildman–Crippen MR) is 247 cm³/mol. The standard InChI is InChI=1S/C56H38N4/c1-37-13-5-9-17-41(37)21-25-45-49-29-31-51(57-49)46(26-22-42-18-10-6-14-38(42)2)53-33-35-55(59-53)48(28-24-44-20-12-8-16-40(44)4)56-36-34-54(60-56)47(52-32-30-50(45)58-52)27-23-43-19-11-7-15-39(43)3/h5-20,29-36,57-58H,1-4H3. The molecule has 0 saturated carbocycles. The molecule has 0 fully saturated rings. The molecule has 8 bridgehead atoms. The lowest BCUT2D eigenvalue weighted by Crippen LogP contribution is -1.91. The largest absolute Gasteiger partial charge is 0.353 e. The van der Waals surface area contributed by atoms with Gasteiger partial charge in [0, 0.05) is 22.3 Å². The topological polar surface area (TPSA) is 57.4 Å². The van der Waals surface area contributed by atoms with Crippen molar-refractivity contribution in [3.63, 3.8) is 0 Å². The molecule has 60 heavy (non-hydrogen) atoms. The second-order valence-corrected chi connectivity index (χ2v) is 14.8. The molecule has 2 aliphatic rings. The summed E-state index contributed by atoms with van der Waals surface area (Å²) in [5, 5.41) is 0. The molecule has 9 rings (SSSR count). The van der Waals surface area contributed by atoms with Gasteiger partial charge in [0.05, 0.1) is 67.1 Å². The first-order chi connectivity index (χ1) is 29.4. The Hall–Kier alpha value is -8.28. The number of aryl methyl sites for hydroxylation is 4. The molecule has 0 unspecified atom stereocenters. The number of hydrogen-bond donors (Lipinski definition) is 2. The van der Waals surface area contributed by atoms with Gasteiger partial charge >= 0.3 is 0 Å². The first kappa shape index (κ1) is 37.3. The molecule has 282 valence electrons. The SMILES string of the molecule is Cc1ccccc1C#Cc1c2nc(c(C#Cc3ccccc3C)c3ccc([nH]3)c(C#Cc3ccccc3C)c3ccc([nH]3)c(C#Cc3ccccc3C)c3nc1C=C3)C=C2. The van der Waals surface area contributed by atoms with Crippen LogP contribution >= 0.6 is 0 Å². The second-order valence-electron chi connectivity index (χ2n) is 14.8. The Morgan fingerprint density at radius 3 is 0.900 bits per heavy atom. The number of aromatic nitrogens is 4. The van der Waals surface area contributed by atoms with Crippen molar-refractivity contribution >= 4 is 46.4 Å². The minimum Gasteiger partial charge on any atom is -0.353 e. The van der Waals surface area contributed by atoms with Gasteiger partial charge in [0.2, 0.25) is 0 Å². The second kappa shape index (κ2) is 16.3. The molecule has 4 aromatic carbocycles. The third kappa shape index (κ3) is 7.71. The number of hydrogen-bond acceptors (Lipinski definition) is 2. The Morgan fingerprint density at radius 1 is 0.300 bits per heavy atom. The van der Waals surface area contributed by atoms with Crippen LogP contribution in [0.2, 0.25) is 0 Å². The quantitative estimate of drug-likeness (QED) is 0.151. The highest BCUT2D eigenvalue weighted by molar-refractivity contribution is 5.88. The van der Waals surface area contributed by atoms with E-state index >= 15 is 0 Å². The van der Waals surface area contributed by atoms with Crippen LogP contribution in [0.1, 0.15) is 89.5 Å². The Balaban J connectivity index is 1.40. The lowest BCUT2D eigenvalue weighted by molar-refractivity contribution is 1.25. The van der Waals surface area contributed by atoms with Crippen molar-refractivity contribution in [3.05, 3.63) is 211 Å². The molecule has 0 saturated heterocycles. The number of fused-ring (bicyclic) bond motifs is 8. The van der Waals surface area contributed by atoms with Crippen LogP contribution in [0.25, 0.3) is 46.4 Å². The van der Waals surface area contributed by atoms with Crippen LogP contribution in [-0.2, 0) is 0 Å². The van der Waals surface area contributed by atoms with E-state index in [1.54, 1.807) is 0 Å². The third-order valence-corrected chi connectivity index (χ3v) is 10.6. The van der Waals surface area contributed by atoms with Gasteiger partial charge in [0.25, 0.3) is 0 Å². The fourth-order valence-corrected chi connectivity index (χ4v) is 7.10. The summed E-state index contributed by atoms with van der Waals surface area (Å²) in [4.78, 5) is 17.9. The highest BCUT2D eigenvalue weighted by Crippen LogP contribution is 2.27. The van der Waals surface area contributed by atoms with Crippen LogP contribution in [-0.4, -0.2) is 19.9 Å². The van der Waals surface area contributed by atoms with Gasteiger partial charge in [-0.05, 0) is 123 Å². The Kier molecular flexibility index (Phi) is 10.1. The Bertz CT molecular complexity index is 3230. The molecular weight excluding hydrogens is 729 g/mol. The summed E-state index contributed by atoms with van der Waals surface area (Å²) in [6.07, 6.45) is 8.04. The van der Waals surface area contributed by atoms with Crippen molar-refractivity contribution in [1.82, 2.24) is 19.9 Å². The van der Waals surface area contributed by atoms with Crippen LogP contribution < -0.4 is 0 Å². The molecule has 0 radical (unpaired) electrons. The van der Waals surface area contributed by atoms with E-state index in [9.17, 15) is 0 Å². The summed E-state index contributed by atoms with van der Waals surface area (Å²) in [6, 6.07) is 40.9. The zero-order chi connectivity index (χ0) is 41.0. The molecular formula is C56H38N4. The van der Waals surface area contributed by atoms with E-state index in [0.717, 1.165) is 94.7 Å². The highest BCUT2D eigenvalue weighted by Gasteiger charge is 2.16. The first-order valence-electron chi connectivity index (χ1n) is 19.8. The van der Waals surface area contributed by atoms with Gasteiger partial charge in [-0.25, -0.2) is 9.97 Å². The monoisotopic (exact) mass is 766 g/mol. The number of H-pyrrole nitrogens is 2. The van der Waals surface area contributed by atoms with Crippen LogP contribution in [0, 0.1) is 75.1 Å². The van der Waals surface area contributed by atoms with Gasteiger partial charge in [-0.3, -0.25) is 0 Å². The molecule has 0 amide bonds. The van der Waals surface area contributed by atoms with E-state index in [1.807, 2.05) is 97.1 Å². The third-order valence-electron chi connectivity index (χ3n) is 10.6. The van der Waals surface area contributed by atoms with E-state index in [2.05, 4.69) is 134 Å². The number of benzene rings is 4. The van der Waals surface area contributed by atoms with Crippen molar-refractivity contribution in [3.8, 4) is 47.4 Å². The van der Waals surface area contributed by atoms with Crippen molar-refractivity contribution in [2.75, 3.05) is 0 Å². The van der Waals surface area contributed by atoms with Gasteiger partial charge < -0.3 is 9.97 Å². The molecule has 4 heteroatoms. The number of nitrogens with one attached hydrogen (secondary N) is 2. The number of rotatable bonds is 0. The minimum absolute atomic E-state index is 0.704. The zero-order valence-electron chi connectivity index (χ0n) is 33.8. The summed E-state index contributed by atoms with van der Waals surface area (Å²) < 4.78 is 0. The molecule has 5 heterocycles. The van der Waals surface area contributed by atoms with Crippen LogP contribution in [0.3, 0.4) is 0 Å². The molecule has 3 aromatic heterocycles. The normalized spacial score (nSPS) is 11.0. The predicted octanol–water partition coefficient (Wildman–Crippen LogP) is 11.5. The first-order valence-corrected chi connectivity index (χ1v) is 19.8. The summed E-state index contributed by atoms with van der Waals surface area (Å²) in [7, 11) is 0. The molecule has 0 aliphatic carbocycles. The van der Waals surface area contributed by atoms with E-state index in [1.165, 1.54) is 0 Å². The van der Waals surface area contributed by atoms with Crippen LogP contribution in [0.5, 0.6) is 0 Å². The fourth-order valence-electron chi connectivity index (χ4n) is 7.10. The van der Waals surface area contributed by atoms with Gasteiger partial charge in [0.15, 0.2) is 0 Å². The van der Waals surface area contributed by atoms with Crippen molar-refractivity contribution in [1.29, 1.82) is 0 Å². The summed E-state index contributed by atoms with van der Waals surface area (Å²) in [5.41, 5.74) is 17.4. The Labute approximate surface area is 350 Å². The molecule has 0 spiro atoms. The maximum absolute atomic E-state index is 5.25. The van der Waals surface area contributed by atoms with Crippen LogP contribution in [0.4, 0.5) is 0 Å². The van der Waals surface area contributed by atoms with E-state index in [-0.39, 0.29) is 0 Å². The summed E-state index contributed by atoms with van der Waals surface area (Å²) in [6.45, 7) is 8.30. The Morgan fingerprint density at radius 2 is 0.567 bits per heavy atom. The molecule has 0 atom stereocenters. The number of nitrogens with zero attached hydrogens (tertiary/aromatic N) is 2. The molecule has 4 nitrogen and oxygen atoms in total. The minimum atomic E-state index is 0.704. The lowest BCUT2D eigenvalue weighted by atomic mass is 10.1. The molecule has 7 aromatic rings. The number of aromatic amines is 2. The van der Waals surface area contributed by atoms with E-state index in [0.29, 0.717) is 17.0 Å². The van der Waals surface area contributed by atoms with E-state index in [4.69, 9.17) is 9.97 Å². The van der Waals surface area contributed by atoms with Crippen molar-refractivity contribution < 1.29 is 0 Å². The maximum Gasteiger partial charge on any atom is 0.0816 e. The smallest absolute Gasteiger partial charge is 0.0816 e. The van der Waals surface area contributed by atoms with Gasteiger partial charge in [0.1, 0.15) is 0 Å². The highest BCUT2D eigenvalue weighted by atomic mass is 14.8. The zero-order valence-corrected chi connectivity index (χ0v) is 33.8. The fraction of sp³-hybridized carbons (Fsp3) is 0.0714. The van der Waals surface area contributed by atoms with Crippen molar-refractivity contribution in [2.24, 2.45) is 0 Å². The molecule has 2 aliphatic heterocycles. The van der Waals surface area contributed by atoms with Crippen molar-refractivity contribution in [2.45, 2.75) is 27.7 Å². The summed E-state index contributed by atoms with van der Waals surface area (Å²) in [5.74, 6) is 27.8. The van der Waals surface area contributed by atoms with Crippen LogP contribution in [0.15, 0.2) is 121 Å².